The number of ether oxygens (including phenoxy) is 3. The number of amides is 4. The van der Waals surface area contributed by atoms with E-state index in [1.807, 2.05) is 24.3 Å². The van der Waals surface area contributed by atoms with Crippen LogP contribution in [0.4, 0.5) is 4.79 Å². The molecule has 1 aliphatic rings. The lowest BCUT2D eigenvalue weighted by Gasteiger charge is -2.30. The van der Waals surface area contributed by atoms with Gasteiger partial charge in [0.15, 0.2) is 9.84 Å². The van der Waals surface area contributed by atoms with Gasteiger partial charge in [-0.25, -0.2) is 13.2 Å². The molecule has 4 atom stereocenters. The zero-order chi connectivity index (χ0) is 39.1. The molecule has 0 saturated heterocycles. The van der Waals surface area contributed by atoms with Gasteiger partial charge >= 0.3 is 18.0 Å². The Morgan fingerprint density at radius 3 is 1.96 bits per heavy atom. The van der Waals surface area contributed by atoms with Gasteiger partial charge < -0.3 is 35.5 Å². The quantitative estimate of drug-likeness (QED) is 0.127. The van der Waals surface area contributed by atoms with Crippen molar-refractivity contribution in [2.75, 3.05) is 20.5 Å². The third-order valence-electron chi connectivity index (χ3n) is 8.57. The smallest absolute Gasteiger partial charge is 0.408 e. The van der Waals surface area contributed by atoms with Crippen molar-refractivity contribution in [1.82, 2.24) is 21.3 Å². The first-order chi connectivity index (χ1) is 25.1. The van der Waals surface area contributed by atoms with Crippen molar-refractivity contribution in [3.05, 3.63) is 82.8 Å². The van der Waals surface area contributed by atoms with E-state index >= 15 is 0 Å². The van der Waals surface area contributed by atoms with Crippen molar-refractivity contribution in [3.8, 4) is 0 Å². The standard InChI is InChI=1S/C37H48N4O11S/c1-23(2)32(35(45)38-28(15-16-30(42)50-3)17-18-53(5,48)49)40-36(46)33(27-19-25-13-9-10-14-26(25)20-27)41-34(44)29(21-31(43)51-4)39-37(47)52-22-24-11-7-6-8-12-24/h6-14,17-18,23,27-29,32-33H,15-16,19-22H2,1-5H3,(H,38,45)(H,39,47)(H,40,46)(H,41,44)/b18-17+/t28-,29-,32-,33-/m0/s1. The van der Waals surface area contributed by atoms with Crippen LogP contribution in [0.15, 0.2) is 66.1 Å². The molecule has 15 nitrogen and oxygen atoms in total. The van der Waals surface area contributed by atoms with Gasteiger partial charge in [0, 0.05) is 24.1 Å². The fraction of sp³-hybridized carbons (Fsp3) is 0.459. The van der Waals surface area contributed by atoms with Crippen LogP contribution in [0.1, 0.15) is 49.8 Å². The highest BCUT2D eigenvalue weighted by molar-refractivity contribution is 7.93. The third kappa shape index (κ3) is 14.0. The summed E-state index contributed by atoms with van der Waals surface area (Å²) in [6, 6.07) is 11.6. The number of hydrogen-bond donors (Lipinski definition) is 4. The summed E-state index contributed by atoms with van der Waals surface area (Å²) < 4.78 is 38.3. The second kappa shape index (κ2) is 20.1. The Labute approximate surface area is 309 Å². The lowest BCUT2D eigenvalue weighted by Crippen LogP contribution is -2.60. The monoisotopic (exact) mass is 756 g/mol. The second-order valence-corrected chi connectivity index (χ2v) is 15.0. The van der Waals surface area contributed by atoms with Crippen LogP contribution in [-0.4, -0.2) is 88.8 Å². The molecule has 0 aromatic heterocycles. The van der Waals surface area contributed by atoms with E-state index in [-0.39, 0.29) is 19.4 Å². The summed E-state index contributed by atoms with van der Waals surface area (Å²) in [5, 5.41) is 11.5. The van der Waals surface area contributed by atoms with Crippen LogP contribution in [0.25, 0.3) is 0 Å². The summed E-state index contributed by atoms with van der Waals surface area (Å²) >= 11 is 0. The summed E-state index contributed by atoms with van der Waals surface area (Å²) in [5.74, 6) is -4.54. The molecule has 0 bridgehead atoms. The number of rotatable bonds is 18. The Balaban J connectivity index is 1.85. The highest BCUT2D eigenvalue weighted by Crippen LogP contribution is 2.29. The van der Waals surface area contributed by atoms with Gasteiger partial charge in [0.1, 0.15) is 24.7 Å². The van der Waals surface area contributed by atoms with Crippen LogP contribution in [0.2, 0.25) is 0 Å². The van der Waals surface area contributed by atoms with Crippen LogP contribution in [0.5, 0.6) is 0 Å². The van der Waals surface area contributed by atoms with Gasteiger partial charge in [-0.15, -0.1) is 0 Å². The molecular weight excluding hydrogens is 708 g/mol. The maximum atomic E-state index is 14.2. The van der Waals surface area contributed by atoms with Crippen molar-refractivity contribution < 1.29 is 51.4 Å². The van der Waals surface area contributed by atoms with E-state index in [1.54, 1.807) is 44.2 Å². The zero-order valence-electron chi connectivity index (χ0n) is 30.5. The Morgan fingerprint density at radius 1 is 0.792 bits per heavy atom. The first-order valence-electron chi connectivity index (χ1n) is 17.1. The first kappa shape index (κ1) is 42.2. The lowest BCUT2D eigenvalue weighted by molar-refractivity contribution is -0.143. The van der Waals surface area contributed by atoms with E-state index in [9.17, 15) is 37.2 Å². The Kier molecular flexibility index (Phi) is 16.0. The molecule has 1 aliphatic carbocycles. The minimum atomic E-state index is -3.57. The SMILES string of the molecule is COC(=O)CC[C@@H](/C=C/S(C)(=O)=O)NC(=O)[C@@H](NC(=O)[C@@H](NC(=O)[C@H](CC(=O)OC)NC(=O)OCc1ccccc1)C1Cc2ccccc2C1)C(C)C. The predicted octanol–water partition coefficient (Wildman–Crippen LogP) is 1.88. The van der Waals surface area contributed by atoms with Crippen LogP contribution >= 0.6 is 0 Å². The molecule has 2 aromatic carbocycles. The number of carbonyl (C=O) groups is 6. The van der Waals surface area contributed by atoms with Crippen molar-refractivity contribution in [2.45, 2.75) is 76.7 Å². The maximum Gasteiger partial charge on any atom is 0.408 e. The van der Waals surface area contributed by atoms with Gasteiger partial charge in [0.05, 0.1) is 20.6 Å². The molecule has 0 fully saturated rings. The summed E-state index contributed by atoms with van der Waals surface area (Å²) in [4.78, 5) is 78.5. The largest absolute Gasteiger partial charge is 0.469 e. The summed E-state index contributed by atoms with van der Waals surface area (Å²) in [6.45, 7) is 3.28. The molecule has 16 heteroatoms. The summed E-state index contributed by atoms with van der Waals surface area (Å²) in [5.41, 5.74) is 2.64. The van der Waals surface area contributed by atoms with E-state index in [2.05, 4.69) is 26.0 Å². The minimum absolute atomic E-state index is 0.0184. The predicted molar refractivity (Wildman–Crippen MR) is 193 cm³/mol. The fourth-order valence-corrected chi connectivity index (χ4v) is 6.20. The number of carbonyl (C=O) groups excluding carboxylic acids is 6. The van der Waals surface area contributed by atoms with Crippen LogP contribution in [0.3, 0.4) is 0 Å². The summed E-state index contributed by atoms with van der Waals surface area (Å²) in [6.07, 6.45) is 1.40. The highest BCUT2D eigenvalue weighted by atomic mass is 32.2. The molecule has 53 heavy (non-hydrogen) atoms. The van der Waals surface area contributed by atoms with E-state index in [4.69, 9.17) is 9.47 Å². The zero-order valence-corrected chi connectivity index (χ0v) is 31.3. The molecule has 2 aromatic rings. The minimum Gasteiger partial charge on any atom is -0.469 e. The molecule has 0 aliphatic heterocycles. The number of esters is 2. The molecule has 4 N–H and O–H groups in total. The molecule has 0 unspecified atom stereocenters. The Morgan fingerprint density at radius 2 is 1.40 bits per heavy atom. The number of benzene rings is 2. The molecule has 0 spiro atoms. The third-order valence-corrected chi connectivity index (χ3v) is 9.23. The highest BCUT2D eigenvalue weighted by Gasteiger charge is 2.38. The van der Waals surface area contributed by atoms with Gasteiger partial charge in [-0.2, -0.15) is 0 Å². The van der Waals surface area contributed by atoms with Gasteiger partial charge in [-0.3, -0.25) is 24.0 Å². The maximum absolute atomic E-state index is 14.2. The van der Waals surface area contributed by atoms with Crippen molar-refractivity contribution >= 4 is 45.6 Å². The van der Waals surface area contributed by atoms with E-state index in [1.165, 1.54) is 13.2 Å². The normalized spacial score (nSPS) is 15.0. The van der Waals surface area contributed by atoms with Crippen molar-refractivity contribution in [1.29, 1.82) is 0 Å². The second-order valence-electron chi connectivity index (χ2n) is 13.1. The van der Waals surface area contributed by atoms with Gasteiger partial charge in [-0.1, -0.05) is 74.5 Å². The number of sulfone groups is 1. The molecule has 3 rings (SSSR count). The molecule has 0 radical (unpaired) electrons. The average molecular weight is 757 g/mol. The van der Waals surface area contributed by atoms with Crippen LogP contribution < -0.4 is 21.3 Å². The Bertz CT molecular complexity index is 1720. The number of fused-ring (bicyclic) bond motifs is 1. The summed E-state index contributed by atoms with van der Waals surface area (Å²) in [7, 11) is -1.24. The van der Waals surface area contributed by atoms with E-state index in [0.717, 1.165) is 29.9 Å². The molecular formula is C37H48N4O11S. The number of hydrogen-bond acceptors (Lipinski definition) is 11. The molecule has 4 amide bonds. The fourth-order valence-electron chi connectivity index (χ4n) is 5.73. The van der Waals surface area contributed by atoms with Gasteiger partial charge in [-0.05, 0) is 47.8 Å². The van der Waals surface area contributed by atoms with E-state index in [0.29, 0.717) is 18.4 Å². The Hall–Kier alpha value is -5.25. The number of alkyl carbamates (subject to hydrolysis) is 1. The van der Waals surface area contributed by atoms with Crippen LogP contribution in [-0.2, 0) is 67.5 Å². The topological polar surface area (TPSA) is 212 Å². The van der Waals surface area contributed by atoms with Crippen molar-refractivity contribution in [2.24, 2.45) is 11.8 Å². The number of methoxy groups -OCH3 is 2. The van der Waals surface area contributed by atoms with Crippen LogP contribution in [0, 0.1) is 11.8 Å². The molecule has 0 heterocycles. The van der Waals surface area contributed by atoms with E-state index < -0.39 is 88.0 Å². The van der Waals surface area contributed by atoms with Crippen molar-refractivity contribution in [3.63, 3.8) is 0 Å². The average Bonchev–Trinajstić information content (AvgIpc) is 3.56. The molecule has 0 saturated carbocycles. The first-order valence-corrected chi connectivity index (χ1v) is 19.0. The van der Waals surface area contributed by atoms with Gasteiger partial charge in [0.2, 0.25) is 17.7 Å². The lowest BCUT2D eigenvalue weighted by atomic mass is 9.93. The molecule has 288 valence electrons. The number of nitrogens with one attached hydrogen (secondary N) is 4. The van der Waals surface area contributed by atoms with Gasteiger partial charge in [0.25, 0.3) is 0 Å².